The maximum absolute atomic E-state index is 11.2. The third kappa shape index (κ3) is 2.90. The summed E-state index contributed by atoms with van der Waals surface area (Å²) in [7, 11) is 0. The molecule has 1 saturated heterocycles. The molecule has 5 nitrogen and oxygen atoms in total. The number of piperidine rings is 1. The lowest BCUT2D eigenvalue weighted by Gasteiger charge is -2.32. The van der Waals surface area contributed by atoms with Gasteiger partial charge < -0.3 is 5.11 Å². The van der Waals surface area contributed by atoms with E-state index in [-0.39, 0.29) is 6.04 Å². The van der Waals surface area contributed by atoms with Crippen molar-refractivity contribution in [2.75, 3.05) is 6.54 Å². The Bertz CT molecular complexity index is 414. The van der Waals surface area contributed by atoms with Crippen molar-refractivity contribution >= 4 is 5.97 Å². The zero-order valence-corrected chi connectivity index (χ0v) is 11.0. The Morgan fingerprint density at radius 3 is 2.94 bits per heavy atom. The quantitative estimate of drug-likeness (QED) is 0.888. The van der Waals surface area contributed by atoms with Crippen LogP contribution in [0.15, 0.2) is 12.4 Å². The second-order valence-electron chi connectivity index (χ2n) is 5.24. The molecule has 100 valence electrons. The van der Waals surface area contributed by atoms with Gasteiger partial charge in [-0.15, -0.1) is 0 Å². The molecule has 0 amide bonds. The molecular weight excluding hydrogens is 230 g/mol. The minimum Gasteiger partial charge on any atom is -0.480 e. The Balaban J connectivity index is 2.03. The maximum atomic E-state index is 11.2. The van der Waals surface area contributed by atoms with Crippen LogP contribution in [0.25, 0.3) is 0 Å². The van der Waals surface area contributed by atoms with Gasteiger partial charge in [-0.25, -0.2) is 0 Å². The number of likely N-dealkylation sites (tertiary alicyclic amines) is 1. The van der Waals surface area contributed by atoms with E-state index in [0.29, 0.717) is 12.6 Å². The molecule has 1 atom stereocenters. The van der Waals surface area contributed by atoms with Crippen LogP contribution in [-0.4, -0.2) is 38.3 Å². The largest absolute Gasteiger partial charge is 0.480 e. The normalized spacial score (nSPS) is 21.4. The molecule has 0 spiro atoms. The first-order valence-corrected chi connectivity index (χ1v) is 6.58. The summed E-state index contributed by atoms with van der Waals surface area (Å²) < 4.78 is 1.91. The second-order valence-corrected chi connectivity index (χ2v) is 5.24. The van der Waals surface area contributed by atoms with Crippen LogP contribution in [0.4, 0.5) is 0 Å². The van der Waals surface area contributed by atoms with E-state index in [2.05, 4.69) is 18.9 Å². The van der Waals surface area contributed by atoms with Crippen molar-refractivity contribution in [1.29, 1.82) is 0 Å². The van der Waals surface area contributed by atoms with Crippen molar-refractivity contribution in [2.45, 2.75) is 51.7 Å². The van der Waals surface area contributed by atoms with Gasteiger partial charge in [0.15, 0.2) is 0 Å². The molecule has 0 saturated carbocycles. The zero-order valence-electron chi connectivity index (χ0n) is 11.0. The average Bonchev–Trinajstić information content (AvgIpc) is 2.78. The average molecular weight is 251 g/mol. The van der Waals surface area contributed by atoms with Gasteiger partial charge in [0.2, 0.25) is 0 Å². The first kappa shape index (κ1) is 13.1. The van der Waals surface area contributed by atoms with Crippen molar-refractivity contribution in [3.63, 3.8) is 0 Å². The van der Waals surface area contributed by atoms with Gasteiger partial charge in [0.05, 0.1) is 6.20 Å². The minimum absolute atomic E-state index is 0.332. The lowest BCUT2D eigenvalue weighted by Crippen LogP contribution is -2.43. The van der Waals surface area contributed by atoms with Crippen LogP contribution >= 0.6 is 0 Å². The Morgan fingerprint density at radius 1 is 1.56 bits per heavy atom. The topological polar surface area (TPSA) is 58.4 Å². The highest BCUT2D eigenvalue weighted by Gasteiger charge is 2.28. The van der Waals surface area contributed by atoms with E-state index >= 15 is 0 Å². The molecule has 1 aromatic heterocycles. The molecule has 0 bridgehead atoms. The monoisotopic (exact) mass is 251 g/mol. The van der Waals surface area contributed by atoms with Gasteiger partial charge in [-0.1, -0.05) is 6.42 Å². The summed E-state index contributed by atoms with van der Waals surface area (Å²) in [6, 6.07) is 0.0107. The van der Waals surface area contributed by atoms with Gasteiger partial charge in [-0.3, -0.25) is 14.4 Å². The third-order valence-electron chi connectivity index (χ3n) is 3.47. The van der Waals surface area contributed by atoms with Gasteiger partial charge in [0, 0.05) is 24.3 Å². The number of aromatic nitrogens is 2. The van der Waals surface area contributed by atoms with Gasteiger partial charge in [0.25, 0.3) is 0 Å². The summed E-state index contributed by atoms with van der Waals surface area (Å²) in [5.74, 6) is -0.703. The lowest BCUT2D eigenvalue weighted by molar-refractivity contribution is -0.144. The molecule has 1 aliphatic rings. The molecule has 2 rings (SSSR count). The Labute approximate surface area is 107 Å². The number of nitrogens with zero attached hydrogens (tertiary/aromatic N) is 3. The van der Waals surface area contributed by atoms with Crippen molar-refractivity contribution in [2.24, 2.45) is 0 Å². The van der Waals surface area contributed by atoms with Crippen molar-refractivity contribution in [1.82, 2.24) is 14.7 Å². The van der Waals surface area contributed by atoms with E-state index in [1.165, 1.54) is 0 Å². The van der Waals surface area contributed by atoms with E-state index in [4.69, 9.17) is 0 Å². The highest BCUT2D eigenvalue weighted by atomic mass is 16.4. The lowest BCUT2D eigenvalue weighted by atomic mass is 10.0. The number of rotatable bonds is 4. The number of carbonyl (C=O) groups is 1. The van der Waals surface area contributed by atoms with Gasteiger partial charge in [-0.2, -0.15) is 5.10 Å². The minimum atomic E-state index is -0.703. The Morgan fingerprint density at radius 2 is 2.33 bits per heavy atom. The van der Waals surface area contributed by atoms with E-state index in [1.54, 1.807) is 0 Å². The van der Waals surface area contributed by atoms with Crippen molar-refractivity contribution < 1.29 is 9.90 Å². The number of hydrogen-bond donors (Lipinski definition) is 1. The first-order valence-electron chi connectivity index (χ1n) is 6.58. The Hall–Kier alpha value is -1.36. The summed E-state index contributed by atoms with van der Waals surface area (Å²) in [5, 5.41) is 13.5. The molecule has 1 N–H and O–H groups in total. The summed E-state index contributed by atoms with van der Waals surface area (Å²) in [4.78, 5) is 13.3. The smallest absolute Gasteiger partial charge is 0.320 e. The van der Waals surface area contributed by atoms with Crippen LogP contribution in [0.2, 0.25) is 0 Å². The van der Waals surface area contributed by atoms with Gasteiger partial charge in [-0.05, 0) is 33.2 Å². The van der Waals surface area contributed by atoms with Crippen molar-refractivity contribution in [3.05, 3.63) is 18.0 Å². The molecule has 1 aliphatic heterocycles. The molecule has 1 unspecified atom stereocenters. The fourth-order valence-corrected chi connectivity index (χ4v) is 2.44. The molecule has 18 heavy (non-hydrogen) atoms. The number of hydrogen-bond acceptors (Lipinski definition) is 3. The number of carboxylic acids is 1. The first-order chi connectivity index (χ1) is 8.58. The predicted molar refractivity (Wildman–Crippen MR) is 68.3 cm³/mol. The third-order valence-corrected chi connectivity index (χ3v) is 3.47. The van der Waals surface area contributed by atoms with Gasteiger partial charge in [0.1, 0.15) is 6.04 Å². The van der Waals surface area contributed by atoms with Crippen LogP contribution < -0.4 is 0 Å². The van der Waals surface area contributed by atoms with E-state index in [9.17, 15) is 9.90 Å². The summed E-state index contributed by atoms with van der Waals surface area (Å²) in [5.41, 5.74) is 1.09. The maximum Gasteiger partial charge on any atom is 0.320 e. The van der Waals surface area contributed by atoms with Crippen LogP contribution in [-0.2, 0) is 11.3 Å². The summed E-state index contributed by atoms with van der Waals surface area (Å²) in [6.45, 7) is 5.71. The van der Waals surface area contributed by atoms with E-state index in [1.807, 2.05) is 22.0 Å². The van der Waals surface area contributed by atoms with Crippen LogP contribution in [0.3, 0.4) is 0 Å². The molecular formula is C13H21N3O2. The molecule has 5 heteroatoms. The predicted octanol–water partition coefficient (Wildman–Crippen LogP) is 1.90. The summed E-state index contributed by atoms with van der Waals surface area (Å²) >= 11 is 0. The Kier molecular flexibility index (Phi) is 4.01. The molecule has 2 heterocycles. The molecule has 0 aliphatic carbocycles. The zero-order chi connectivity index (χ0) is 13.1. The van der Waals surface area contributed by atoms with E-state index in [0.717, 1.165) is 31.4 Å². The van der Waals surface area contributed by atoms with Crippen LogP contribution in [0.1, 0.15) is 44.7 Å². The van der Waals surface area contributed by atoms with Crippen molar-refractivity contribution in [3.8, 4) is 0 Å². The highest BCUT2D eigenvalue weighted by molar-refractivity contribution is 5.73. The molecule has 0 radical (unpaired) electrons. The number of carboxylic acid groups (broad SMARTS) is 1. The second kappa shape index (κ2) is 5.52. The molecule has 1 aromatic rings. The van der Waals surface area contributed by atoms with Crippen LogP contribution in [0, 0.1) is 0 Å². The molecule has 0 aromatic carbocycles. The summed E-state index contributed by atoms with van der Waals surface area (Å²) in [6.07, 6.45) is 6.71. The fraction of sp³-hybridized carbons (Fsp3) is 0.692. The molecule has 1 fully saturated rings. The van der Waals surface area contributed by atoms with E-state index < -0.39 is 5.97 Å². The standard InChI is InChI=1S/C13H21N3O2/c1-10(2)16-9-11(7-14-16)8-15-6-4-3-5-12(15)13(17)18/h7,9-10,12H,3-6,8H2,1-2H3,(H,17,18). The van der Waals surface area contributed by atoms with Crippen LogP contribution in [0.5, 0.6) is 0 Å². The SMILES string of the molecule is CC(C)n1cc(CN2CCCCC2C(=O)O)cn1. The number of aliphatic carboxylic acids is 1. The van der Waals surface area contributed by atoms with Gasteiger partial charge >= 0.3 is 5.97 Å². The highest BCUT2D eigenvalue weighted by Crippen LogP contribution is 2.20. The fourth-order valence-electron chi connectivity index (χ4n) is 2.44.